The van der Waals surface area contributed by atoms with E-state index >= 15 is 0 Å². The van der Waals surface area contributed by atoms with E-state index in [0.717, 1.165) is 35.6 Å². The number of para-hydroxylation sites is 2. The number of amides is 1. The minimum absolute atomic E-state index is 0.0728. The van der Waals surface area contributed by atoms with Crippen LogP contribution in [0.25, 0.3) is 21.9 Å². The van der Waals surface area contributed by atoms with Gasteiger partial charge in [-0.1, -0.05) is 23.9 Å². The Kier molecular flexibility index (Phi) is 5.57. The third kappa shape index (κ3) is 3.84. The molecule has 32 heavy (non-hydrogen) atoms. The molecule has 0 radical (unpaired) electrons. The van der Waals surface area contributed by atoms with Crippen molar-refractivity contribution < 1.29 is 13.9 Å². The van der Waals surface area contributed by atoms with Crippen molar-refractivity contribution in [1.82, 2.24) is 19.9 Å². The maximum atomic E-state index is 13.7. The molecule has 1 aliphatic heterocycles. The number of fused-ring (bicyclic) bond motifs is 3. The second kappa shape index (κ2) is 8.66. The van der Waals surface area contributed by atoms with Crippen LogP contribution in [0.1, 0.15) is 0 Å². The van der Waals surface area contributed by atoms with E-state index < -0.39 is 0 Å². The molecule has 0 spiro atoms. The molecule has 0 bridgehead atoms. The summed E-state index contributed by atoms with van der Waals surface area (Å²) in [6, 6.07) is 12.5. The highest BCUT2D eigenvalue weighted by Crippen LogP contribution is 2.31. The molecule has 164 valence electrons. The lowest BCUT2D eigenvalue weighted by Crippen LogP contribution is -2.49. The van der Waals surface area contributed by atoms with Crippen molar-refractivity contribution in [2.45, 2.75) is 5.03 Å². The van der Waals surface area contributed by atoms with Crippen molar-refractivity contribution >= 4 is 45.3 Å². The van der Waals surface area contributed by atoms with Crippen molar-refractivity contribution in [3.8, 4) is 5.75 Å². The Hall–Kier alpha value is -3.33. The van der Waals surface area contributed by atoms with Gasteiger partial charge in [0.1, 0.15) is 28.4 Å². The number of hydrogen-bond acceptors (Lipinski definition) is 6. The zero-order chi connectivity index (χ0) is 22.1. The number of hydrogen-bond donors (Lipinski definition) is 1. The number of thioether (sulfide) groups is 1. The maximum Gasteiger partial charge on any atom is 0.233 e. The molecule has 0 unspecified atom stereocenters. The van der Waals surface area contributed by atoms with Gasteiger partial charge in [0.25, 0.3) is 0 Å². The van der Waals surface area contributed by atoms with Crippen molar-refractivity contribution in [2.75, 3.05) is 43.9 Å². The minimum atomic E-state index is -0.311. The number of halogens is 1. The highest BCUT2D eigenvalue weighted by molar-refractivity contribution is 8.00. The maximum absolute atomic E-state index is 13.7. The molecule has 9 heteroatoms. The van der Waals surface area contributed by atoms with Gasteiger partial charge in [0.05, 0.1) is 24.1 Å². The number of carbonyl (C=O) groups is 1. The summed E-state index contributed by atoms with van der Waals surface area (Å²) in [4.78, 5) is 28.9. The van der Waals surface area contributed by atoms with Gasteiger partial charge in [-0.2, -0.15) is 0 Å². The first kappa shape index (κ1) is 20.6. The number of nitrogens with zero attached hydrogens (tertiary/aromatic N) is 4. The van der Waals surface area contributed by atoms with E-state index in [1.54, 1.807) is 13.2 Å². The quantitative estimate of drug-likeness (QED) is 0.368. The predicted molar refractivity (Wildman–Crippen MR) is 124 cm³/mol. The number of nitrogens with one attached hydrogen (secondary N) is 1. The number of H-pyrrole nitrogens is 1. The number of rotatable bonds is 5. The van der Waals surface area contributed by atoms with Crippen LogP contribution in [0.5, 0.6) is 5.75 Å². The van der Waals surface area contributed by atoms with Crippen LogP contribution in [0.3, 0.4) is 0 Å². The molecule has 2 aromatic heterocycles. The lowest BCUT2D eigenvalue weighted by Gasteiger charge is -2.36. The summed E-state index contributed by atoms with van der Waals surface area (Å²) >= 11 is 1.37. The Bertz CT molecular complexity index is 1290. The third-order valence-electron chi connectivity index (χ3n) is 5.70. The van der Waals surface area contributed by atoms with E-state index in [-0.39, 0.29) is 17.5 Å². The number of carbonyl (C=O) groups excluding carboxylic acids is 1. The van der Waals surface area contributed by atoms with Crippen molar-refractivity contribution in [3.05, 3.63) is 54.6 Å². The van der Waals surface area contributed by atoms with Crippen LogP contribution in [0.4, 0.5) is 10.1 Å². The van der Waals surface area contributed by atoms with Gasteiger partial charge in [0.2, 0.25) is 5.91 Å². The fourth-order valence-corrected chi connectivity index (χ4v) is 4.92. The summed E-state index contributed by atoms with van der Waals surface area (Å²) in [6.45, 7) is 2.81. The van der Waals surface area contributed by atoms with Gasteiger partial charge in [-0.15, -0.1) is 0 Å². The Balaban J connectivity index is 1.25. The smallest absolute Gasteiger partial charge is 0.233 e. The van der Waals surface area contributed by atoms with E-state index in [2.05, 4.69) is 19.9 Å². The predicted octanol–water partition coefficient (Wildman–Crippen LogP) is 3.70. The molecule has 5 rings (SSSR count). The van der Waals surface area contributed by atoms with Crippen LogP contribution in [0.15, 0.2) is 53.8 Å². The Labute approximate surface area is 188 Å². The number of ether oxygens (including phenoxy) is 1. The van der Waals surface area contributed by atoms with Gasteiger partial charge < -0.3 is 19.5 Å². The van der Waals surface area contributed by atoms with Crippen molar-refractivity contribution in [3.63, 3.8) is 0 Å². The van der Waals surface area contributed by atoms with E-state index in [1.165, 1.54) is 30.2 Å². The first-order valence-electron chi connectivity index (χ1n) is 10.3. The topological polar surface area (TPSA) is 74.3 Å². The Morgan fingerprint density at radius 2 is 1.97 bits per heavy atom. The molecule has 4 aromatic rings. The largest absolute Gasteiger partial charge is 0.495 e. The van der Waals surface area contributed by atoms with Crippen LogP contribution in [0, 0.1) is 5.82 Å². The summed E-state index contributed by atoms with van der Waals surface area (Å²) in [5.41, 5.74) is 3.24. The van der Waals surface area contributed by atoms with E-state index in [4.69, 9.17) is 4.74 Å². The summed E-state index contributed by atoms with van der Waals surface area (Å²) in [7, 11) is 1.67. The second-order valence-electron chi connectivity index (χ2n) is 7.55. The van der Waals surface area contributed by atoms with Gasteiger partial charge in [-0.05, 0) is 30.3 Å². The van der Waals surface area contributed by atoms with Crippen molar-refractivity contribution in [2.24, 2.45) is 0 Å². The molecule has 7 nitrogen and oxygen atoms in total. The van der Waals surface area contributed by atoms with E-state index in [0.29, 0.717) is 29.0 Å². The molecule has 1 amide bonds. The van der Waals surface area contributed by atoms with Crippen molar-refractivity contribution in [1.29, 1.82) is 0 Å². The highest BCUT2D eigenvalue weighted by Gasteiger charge is 2.23. The monoisotopic (exact) mass is 451 g/mol. The minimum Gasteiger partial charge on any atom is -0.495 e. The SMILES string of the molecule is COc1ccccc1N1CCN(C(=O)CSc2ncnc3c2[nH]c2ccc(F)cc23)CC1. The van der Waals surface area contributed by atoms with Crippen LogP contribution in [-0.2, 0) is 4.79 Å². The normalized spacial score (nSPS) is 14.3. The number of benzene rings is 2. The molecule has 1 aliphatic rings. The fraction of sp³-hybridized carbons (Fsp3) is 0.261. The molecule has 3 heterocycles. The first-order chi connectivity index (χ1) is 15.6. The standard InChI is InChI=1S/C23H22FN5O2S/c1-31-19-5-3-2-4-18(19)28-8-10-29(11-9-28)20(30)13-32-23-22-21(25-14-26-23)16-12-15(24)6-7-17(16)27-22/h2-7,12,14,27H,8-11,13H2,1H3. The molecular formula is C23H22FN5O2S. The summed E-state index contributed by atoms with van der Waals surface area (Å²) in [5, 5.41) is 1.40. The second-order valence-corrected chi connectivity index (χ2v) is 8.51. The van der Waals surface area contributed by atoms with Gasteiger partial charge in [0, 0.05) is 37.1 Å². The van der Waals surface area contributed by atoms with Crippen LogP contribution in [-0.4, -0.2) is 64.8 Å². The average molecular weight is 452 g/mol. The molecule has 1 fully saturated rings. The van der Waals surface area contributed by atoms with Crippen LogP contribution >= 0.6 is 11.8 Å². The molecule has 0 aliphatic carbocycles. The van der Waals surface area contributed by atoms with Crippen LogP contribution < -0.4 is 9.64 Å². The zero-order valence-electron chi connectivity index (χ0n) is 17.5. The Morgan fingerprint density at radius 3 is 2.78 bits per heavy atom. The first-order valence-corrected chi connectivity index (χ1v) is 11.3. The van der Waals surface area contributed by atoms with Gasteiger partial charge in [-0.25, -0.2) is 14.4 Å². The number of methoxy groups -OCH3 is 1. The fourth-order valence-electron chi connectivity index (χ4n) is 4.06. The summed E-state index contributed by atoms with van der Waals surface area (Å²) < 4.78 is 19.1. The number of aromatic nitrogens is 3. The lowest BCUT2D eigenvalue weighted by molar-refractivity contribution is -0.128. The summed E-state index contributed by atoms with van der Waals surface area (Å²) in [5.74, 6) is 0.885. The summed E-state index contributed by atoms with van der Waals surface area (Å²) in [6.07, 6.45) is 1.46. The Morgan fingerprint density at radius 1 is 1.16 bits per heavy atom. The van der Waals surface area contributed by atoms with E-state index in [9.17, 15) is 9.18 Å². The average Bonchev–Trinajstić information content (AvgIpc) is 3.21. The lowest BCUT2D eigenvalue weighted by atomic mass is 10.2. The molecular weight excluding hydrogens is 429 g/mol. The number of piperazine rings is 1. The molecule has 1 N–H and O–H groups in total. The number of aromatic amines is 1. The zero-order valence-corrected chi connectivity index (χ0v) is 18.4. The van der Waals surface area contributed by atoms with Gasteiger partial charge in [0.15, 0.2) is 0 Å². The molecule has 0 atom stereocenters. The molecule has 1 saturated heterocycles. The van der Waals surface area contributed by atoms with Crippen LogP contribution in [0.2, 0.25) is 0 Å². The van der Waals surface area contributed by atoms with Gasteiger partial charge >= 0.3 is 0 Å². The number of anilines is 1. The molecule has 2 aromatic carbocycles. The highest BCUT2D eigenvalue weighted by atomic mass is 32.2. The third-order valence-corrected chi connectivity index (χ3v) is 6.67. The molecule has 0 saturated carbocycles. The van der Waals surface area contributed by atoms with E-state index in [1.807, 2.05) is 29.2 Å². The van der Waals surface area contributed by atoms with Gasteiger partial charge in [-0.3, -0.25) is 4.79 Å².